The van der Waals surface area contributed by atoms with Crippen LogP contribution in [0, 0.1) is 0 Å². The molecule has 2 rings (SSSR count). The number of aromatic amines is 1. The van der Waals surface area contributed by atoms with Crippen LogP contribution in [-0.2, 0) is 11.3 Å². The summed E-state index contributed by atoms with van der Waals surface area (Å²) < 4.78 is 1.50. The Morgan fingerprint density at radius 1 is 1.50 bits per heavy atom. The van der Waals surface area contributed by atoms with Gasteiger partial charge in [-0.25, -0.2) is 14.7 Å². The number of carbonyl (C=O) groups is 2. The minimum absolute atomic E-state index is 0.275. The van der Waals surface area contributed by atoms with Gasteiger partial charge in [-0.05, 0) is 13.3 Å². The predicted octanol–water partition coefficient (Wildman–Crippen LogP) is 0.0138. The van der Waals surface area contributed by atoms with Crippen molar-refractivity contribution in [3.63, 3.8) is 0 Å². The van der Waals surface area contributed by atoms with Gasteiger partial charge in [0.15, 0.2) is 5.16 Å². The van der Waals surface area contributed by atoms with Crippen molar-refractivity contribution in [3.8, 4) is 0 Å². The minimum Gasteiger partial charge on any atom is -0.336 e. The van der Waals surface area contributed by atoms with E-state index in [-0.39, 0.29) is 17.6 Å². The minimum atomic E-state index is -0.482. The first-order valence-electron chi connectivity index (χ1n) is 6.45. The molecule has 0 aromatic carbocycles. The number of amides is 3. The van der Waals surface area contributed by atoms with Crippen LogP contribution in [0.2, 0.25) is 0 Å². The molecule has 1 saturated heterocycles. The zero-order chi connectivity index (χ0) is 14.7. The van der Waals surface area contributed by atoms with Crippen LogP contribution in [0.5, 0.6) is 0 Å². The van der Waals surface area contributed by atoms with Gasteiger partial charge in [0.05, 0.1) is 5.25 Å². The van der Waals surface area contributed by atoms with Gasteiger partial charge < -0.3 is 5.32 Å². The smallest absolute Gasteiger partial charge is 0.336 e. The lowest BCUT2D eigenvalue weighted by Gasteiger charge is -2.17. The summed E-state index contributed by atoms with van der Waals surface area (Å²) in [4.78, 5) is 36.4. The summed E-state index contributed by atoms with van der Waals surface area (Å²) in [5, 5.41) is 8.87. The van der Waals surface area contributed by atoms with Gasteiger partial charge >= 0.3 is 11.7 Å². The van der Waals surface area contributed by atoms with E-state index in [1.54, 1.807) is 6.92 Å². The lowest BCUT2D eigenvalue weighted by atomic mass is 10.4. The molecule has 1 aromatic rings. The van der Waals surface area contributed by atoms with Gasteiger partial charge in [0, 0.05) is 19.6 Å². The van der Waals surface area contributed by atoms with Crippen LogP contribution in [0.4, 0.5) is 4.79 Å². The van der Waals surface area contributed by atoms with E-state index < -0.39 is 5.25 Å². The molecule has 0 radical (unpaired) electrons. The molecule has 2 N–H and O–H groups in total. The summed E-state index contributed by atoms with van der Waals surface area (Å²) >= 11 is 1.18. The molecule has 8 nitrogen and oxygen atoms in total. The van der Waals surface area contributed by atoms with E-state index in [2.05, 4.69) is 15.5 Å². The third kappa shape index (κ3) is 2.87. The summed E-state index contributed by atoms with van der Waals surface area (Å²) in [6.45, 7) is 5.06. The number of aromatic nitrogens is 3. The first kappa shape index (κ1) is 14.6. The van der Waals surface area contributed by atoms with Gasteiger partial charge in [-0.2, -0.15) is 0 Å². The van der Waals surface area contributed by atoms with E-state index in [4.69, 9.17) is 0 Å². The normalized spacial score (nSPS) is 16.3. The fraction of sp³-hybridized carbons (Fsp3) is 0.636. The van der Waals surface area contributed by atoms with Crippen molar-refractivity contribution in [1.82, 2.24) is 25.0 Å². The summed E-state index contributed by atoms with van der Waals surface area (Å²) in [5.41, 5.74) is -0.284. The van der Waals surface area contributed by atoms with Gasteiger partial charge in [-0.15, -0.1) is 5.10 Å². The van der Waals surface area contributed by atoms with Crippen LogP contribution in [-0.4, -0.2) is 49.9 Å². The highest BCUT2D eigenvalue weighted by Crippen LogP contribution is 2.22. The van der Waals surface area contributed by atoms with Crippen LogP contribution >= 0.6 is 11.8 Å². The van der Waals surface area contributed by atoms with E-state index in [1.165, 1.54) is 21.2 Å². The topological polar surface area (TPSA) is 100 Å². The fourth-order valence-electron chi connectivity index (χ4n) is 1.92. The second kappa shape index (κ2) is 6.12. The fourth-order valence-corrected chi connectivity index (χ4v) is 2.87. The molecule has 9 heteroatoms. The Morgan fingerprint density at radius 3 is 2.85 bits per heavy atom. The number of thioether (sulfide) groups is 1. The number of rotatable bonds is 5. The Labute approximate surface area is 119 Å². The number of urea groups is 1. The summed E-state index contributed by atoms with van der Waals surface area (Å²) in [6, 6.07) is -0.365. The highest BCUT2D eigenvalue weighted by atomic mass is 32.2. The third-order valence-electron chi connectivity index (χ3n) is 2.92. The Kier molecular flexibility index (Phi) is 4.48. The monoisotopic (exact) mass is 299 g/mol. The van der Waals surface area contributed by atoms with Crippen LogP contribution in [0.15, 0.2) is 9.95 Å². The first-order chi connectivity index (χ1) is 9.54. The van der Waals surface area contributed by atoms with Crippen LogP contribution < -0.4 is 11.0 Å². The number of hydrogen-bond donors (Lipinski definition) is 2. The highest BCUT2D eigenvalue weighted by Gasteiger charge is 2.31. The SMILES string of the molecule is CCCn1c(S[C@@H](C)C(=O)N2CCNC2=O)n[nH]c1=O. The quantitative estimate of drug-likeness (QED) is 0.746. The van der Waals surface area contributed by atoms with Crippen LogP contribution in [0.3, 0.4) is 0 Å². The molecule has 0 aliphatic carbocycles. The number of imide groups is 1. The second-order valence-corrected chi connectivity index (χ2v) is 5.75. The zero-order valence-corrected chi connectivity index (χ0v) is 12.2. The van der Waals surface area contributed by atoms with Gasteiger partial charge in [-0.3, -0.25) is 14.3 Å². The summed E-state index contributed by atoms with van der Waals surface area (Å²) in [7, 11) is 0. The zero-order valence-electron chi connectivity index (χ0n) is 11.4. The molecule has 0 bridgehead atoms. The number of nitrogens with zero attached hydrogens (tertiary/aromatic N) is 3. The summed E-state index contributed by atoms with van der Waals surface area (Å²) in [5.74, 6) is -0.275. The van der Waals surface area contributed by atoms with E-state index >= 15 is 0 Å². The number of nitrogens with one attached hydrogen (secondary N) is 2. The van der Waals surface area contributed by atoms with Crippen molar-refractivity contribution in [1.29, 1.82) is 0 Å². The first-order valence-corrected chi connectivity index (χ1v) is 7.33. The van der Waals surface area contributed by atoms with Crippen molar-refractivity contribution in [2.75, 3.05) is 13.1 Å². The molecule has 3 amide bonds. The maximum absolute atomic E-state index is 12.2. The molecule has 20 heavy (non-hydrogen) atoms. The lowest BCUT2D eigenvalue weighted by molar-refractivity contribution is -0.126. The average Bonchev–Trinajstić information content (AvgIpc) is 2.98. The molecule has 1 fully saturated rings. The molecule has 1 aliphatic rings. The molecule has 1 atom stereocenters. The molecule has 0 saturated carbocycles. The summed E-state index contributed by atoms with van der Waals surface area (Å²) in [6.07, 6.45) is 0.795. The van der Waals surface area contributed by atoms with E-state index in [9.17, 15) is 14.4 Å². The van der Waals surface area contributed by atoms with Gasteiger partial charge in [-0.1, -0.05) is 18.7 Å². The maximum atomic E-state index is 12.2. The molecular weight excluding hydrogens is 282 g/mol. The Bertz CT molecular complexity index is 567. The van der Waals surface area contributed by atoms with E-state index in [0.29, 0.717) is 24.8 Å². The van der Waals surface area contributed by atoms with Gasteiger partial charge in [0.2, 0.25) is 5.91 Å². The number of hydrogen-bond acceptors (Lipinski definition) is 5. The molecule has 2 heterocycles. The molecule has 110 valence electrons. The molecule has 0 spiro atoms. The maximum Gasteiger partial charge on any atom is 0.343 e. The lowest BCUT2D eigenvalue weighted by Crippen LogP contribution is -2.39. The van der Waals surface area contributed by atoms with Crippen molar-refractivity contribution >= 4 is 23.7 Å². The molecule has 1 aliphatic heterocycles. The Balaban J connectivity index is 2.07. The second-order valence-electron chi connectivity index (χ2n) is 4.44. The third-order valence-corrected chi connectivity index (χ3v) is 4.00. The van der Waals surface area contributed by atoms with Crippen LogP contribution in [0.25, 0.3) is 0 Å². The Hall–Kier alpha value is -1.77. The molecular formula is C11H17N5O3S. The Morgan fingerprint density at radius 2 is 2.25 bits per heavy atom. The predicted molar refractivity (Wildman–Crippen MR) is 73.6 cm³/mol. The van der Waals surface area contributed by atoms with E-state index in [0.717, 1.165) is 6.42 Å². The largest absolute Gasteiger partial charge is 0.343 e. The van der Waals surface area contributed by atoms with Gasteiger partial charge in [0.1, 0.15) is 0 Å². The molecule has 0 unspecified atom stereocenters. The average molecular weight is 299 g/mol. The van der Waals surface area contributed by atoms with Crippen molar-refractivity contribution in [2.24, 2.45) is 0 Å². The van der Waals surface area contributed by atoms with Crippen molar-refractivity contribution in [3.05, 3.63) is 10.5 Å². The standard InChI is InChI=1S/C11H17N5O3S/c1-3-5-16-10(19)13-14-11(16)20-7(2)8(17)15-6-4-12-9(15)18/h7H,3-6H2,1-2H3,(H,12,18)(H,13,19)/t7-/m0/s1. The van der Waals surface area contributed by atoms with Crippen LogP contribution in [0.1, 0.15) is 20.3 Å². The van der Waals surface area contributed by atoms with Crippen molar-refractivity contribution < 1.29 is 9.59 Å². The highest BCUT2D eigenvalue weighted by molar-refractivity contribution is 8.00. The number of H-pyrrole nitrogens is 1. The van der Waals surface area contributed by atoms with Gasteiger partial charge in [0.25, 0.3) is 0 Å². The van der Waals surface area contributed by atoms with Crippen molar-refractivity contribution in [2.45, 2.75) is 37.2 Å². The molecule has 1 aromatic heterocycles. The number of carbonyl (C=O) groups excluding carboxylic acids is 2. The van der Waals surface area contributed by atoms with E-state index in [1.807, 2.05) is 6.92 Å².